The maximum atomic E-state index is 13.0. The molecule has 0 aliphatic rings. The highest BCUT2D eigenvalue weighted by Gasteiger charge is 2.14. The van der Waals surface area contributed by atoms with E-state index in [1.807, 2.05) is 29.0 Å². The van der Waals surface area contributed by atoms with Crippen molar-refractivity contribution in [2.24, 2.45) is 0 Å². The number of nitrogens with zero attached hydrogens (tertiary/aromatic N) is 2. The molecule has 150 valence electrons. The number of ether oxygens (including phenoxy) is 1. The fourth-order valence-corrected chi connectivity index (χ4v) is 3.38. The molecule has 1 heterocycles. The lowest BCUT2D eigenvalue weighted by Gasteiger charge is -2.09. The van der Waals surface area contributed by atoms with Crippen LogP contribution in [0.15, 0.2) is 72.9 Å². The van der Waals surface area contributed by atoms with E-state index >= 15 is 0 Å². The summed E-state index contributed by atoms with van der Waals surface area (Å²) in [6, 6.07) is 20.7. The number of hydrogen-bond acceptors (Lipinski definition) is 4. The molecule has 4 aromatic rings. The summed E-state index contributed by atoms with van der Waals surface area (Å²) in [5, 5.41) is 29.3. The molecule has 4 rings (SSSR count). The number of halogens is 1. The van der Waals surface area contributed by atoms with Gasteiger partial charge in [0, 0.05) is 23.7 Å². The highest BCUT2D eigenvalue weighted by Crippen LogP contribution is 2.29. The van der Waals surface area contributed by atoms with Gasteiger partial charge in [0.2, 0.25) is 0 Å². The molecule has 0 aliphatic carbocycles. The minimum absolute atomic E-state index is 0.303. The van der Waals surface area contributed by atoms with E-state index in [-0.39, 0.29) is 12.4 Å². The van der Waals surface area contributed by atoms with Crippen molar-refractivity contribution in [2.45, 2.75) is 12.5 Å². The van der Waals surface area contributed by atoms with Crippen LogP contribution in [0.2, 0.25) is 0 Å². The van der Waals surface area contributed by atoms with Crippen molar-refractivity contribution in [2.75, 3.05) is 6.61 Å². The van der Waals surface area contributed by atoms with Crippen LogP contribution in [0.3, 0.4) is 0 Å². The van der Waals surface area contributed by atoms with Crippen LogP contribution in [0.1, 0.15) is 11.1 Å². The van der Waals surface area contributed by atoms with E-state index in [0.29, 0.717) is 23.5 Å². The Balaban J connectivity index is 1.69. The molecule has 0 fully saturated rings. The Labute approximate surface area is 172 Å². The zero-order valence-corrected chi connectivity index (χ0v) is 16.0. The number of hydrogen-bond donors (Lipinski definition) is 2. The van der Waals surface area contributed by atoms with Crippen molar-refractivity contribution in [1.29, 1.82) is 5.26 Å². The van der Waals surface area contributed by atoms with Crippen LogP contribution in [0.4, 0.5) is 4.39 Å². The fraction of sp³-hybridized carbons (Fsp3) is 0.125. The van der Waals surface area contributed by atoms with Gasteiger partial charge in [0.1, 0.15) is 17.3 Å². The Bertz CT molecular complexity index is 1210. The normalized spacial score (nSPS) is 11.9. The third-order valence-corrected chi connectivity index (χ3v) is 4.85. The second kappa shape index (κ2) is 8.37. The Hall–Kier alpha value is -3.66. The lowest BCUT2D eigenvalue weighted by molar-refractivity contribution is 0.0957. The van der Waals surface area contributed by atoms with Gasteiger partial charge in [-0.1, -0.05) is 6.07 Å². The average molecular weight is 402 g/mol. The molecule has 3 aromatic carbocycles. The van der Waals surface area contributed by atoms with E-state index in [1.165, 1.54) is 12.1 Å². The molecule has 0 saturated heterocycles. The zero-order chi connectivity index (χ0) is 21.1. The summed E-state index contributed by atoms with van der Waals surface area (Å²) in [5.41, 5.74) is 3.10. The van der Waals surface area contributed by atoms with Gasteiger partial charge in [0.05, 0.1) is 29.9 Å². The zero-order valence-electron chi connectivity index (χ0n) is 16.0. The summed E-state index contributed by atoms with van der Waals surface area (Å²) in [7, 11) is 0. The van der Waals surface area contributed by atoms with Crippen molar-refractivity contribution in [1.82, 2.24) is 4.57 Å². The van der Waals surface area contributed by atoms with Crippen molar-refractivity contribution in [3.63, 3.8) is 0 Å². The van der Waals surface area contributed by atoms with Crippen molar-refractivity contribution >= 4 is 10.9 Å². The predicted molar refractivity (Wildman–Crippen MR) is 111 cm³/mol. The van der Waals surface area contributed by atoms with Gasteiger partial charge in [-0.3, -0.25) is 0 Å². The van der Waals surface area contributed by atoms with Gasteiger partial charge in [-0.25, -0.2) is 4.39 Å². The summed E-state index contributed by atoms with van der Waals surface area (Å²) >= 11 is 0. The smallest absolute Gasteiger partial charge is 0.127 e. The van der Waals surface area contributed by atoms with Gasteiger partial charge in [-0.2, -0.15) is 5.26 Å². The molecule has 5 nitrogen and oxygen atoms in total. The van der Waals surface area contributed by atoms with Crippen LogP contribution < -0.4 is 4.74 Å². The van der Waals surface area contributed by atoms with E-state index in [9.17, 15) is 19.9 Å². The van der Waals surface area contributed by atoms with Crippen LogP contribution in [0, 0.1) is 17.1 Å². The minimum Gasteiger partial charge on any atom is -0.457 e. The van der Waals surface area contributed by atoms with Gasteiger partial charge in [-0.05, 0) is 66.2 Å². The summed E-state index contributed by atoms with van der Waals surface area (Å²) in [6.45, 7) is -0.321. The molecule has 0 spiro atoms. The quantitative estimate of drug-likeness (QED) is 0.503. The summed E-state index contributed by atoms with van der Waals surface area (Å²) in [4.78, 5) is 0. The van der Waals surface area contributed by atoms with Crippen molar-refractivity contribution in [3.8, 4) is 23.3 Å². The Morgan fingerprint density at radius 2 is 1.67 bits per heavy atom. The number of aliphatic hydroxyl groups excluding tert-OH is 2. The van der Waals surface area contributed by atoms with Crippen LogP contribution >= 0.6 is 0 Å². The number of rotatable bonds is 6. The van der Waals surface area contributed by atoms with Gasteiger partial charge < -0.3 is 19.5 Å². The molecule has 1 aromatic heterocycles. The van der Waals surface area contributed by atoms with Crippen molar-refractivity contribution < 1.29 is 19.3 Å². The number of aromatic nitrogens is 1. The SMILES string of the molecule is N#Cc1ccc2c(C[C@H](O)CO)cn(-c3ccc(Oc4ccc(F)cc4)cc3)c2c1. The van der Waals surface area contributed by atoms with Crippen LogP contribution in [0.5, 0.6) is 11.5 Å². The first-order chi connectivity index (χ1) is 14.6. The standard InChI is InChI=1S/C24H19FN2O3/c25-18-2-6-21(7-3-18)30-22-8-4-19(5-9-22)27-14-17(12-20(29)15-28)23-10-1-16(13-26)11-24(23)27/h1-11,14,20,28-29H,12,15H2/t20-/m0/s1. The highest BCUT2D eigenvalue weighted by molar-refractivity contribution is 5.87. The monoisotopic (exact) mass is 402 g/mol. The molecule has 0 bridgehead atoms. The maximum absolute atomic E-state index is 13.0. The van der Waals surface area contributed by atoms with E-state index in [0.717, 1.165) is 22.2 Å². The molecular formula is C24H19FN2O3. The van der Waals surface area contributed by atoms with Gasteiger partial charge in [-0.15, -0.1) is 0 Å². The van der Waals surface area contributed by atoms with E-state index in [2.05, 4.69) is 6.07 Å². The number of aliphatic hydroxyl groups is 2. The molecule has 30 heavy (non-hydrogen) atoms. The van der Waals surface area contributed by atoms with Crippen LogP contribution in [-0.4, -0.2) is 27.5 Å². The first-order valence-electron chi connectivity index (χ1n) is 9.44. The Morgan fingerprint density at radius 3 is 2.30 bits per heavy atom. The maximum Gasteiger partial charge on any atom is 0.127 e. The molecule has 0 aliphatic heterocycles. The molecule has 0 amide bonds. The highest BCUT2D eigenvalue weighted by atomic mass is 19.1. The van der Waals surface area contributed by atoms with Crippen molar-refractivity contribution in [3.05, 3.63) is 89.9 Å². The van der Waals surface area contributed by atoms with E-state index in [4.69, 9.17) is 4.74 Å². The molecule has 0 saturated carbocycles. The third kappa shape index (κ3) is 4.03. The molecule has 0 unspecified atom stereocenters. The summed E-state index contributed by atoms with van der Waals surface area (Å²) in [6.07, 6.45) is 1.35. The first kappa shape index (κ1) is 19.6. The third-order valence-electron chi connectivity index (χ3n) is 4.85. The molecule has 1 atom stereocenters. The minimum atomic E-state index is -0.855. The molecular weight excluding hydrogens is 383 g/mol. The Kier molecular flexibility index (Phi) is 5.48. The van der Waals surface area contributed by atoms with Gasteiger partial charge in [0.15, 0.2) is 0 Å². The number of benzene rings is 3. The molecule has 0 radical (unpaired) electrons. The van der Waals surface area contributed by atoms with E-state index in [1.54, 1.807) is 36.4 Å². The lowest BCUT2D eigenvalue weighted by atomic mass is 10.1. The fourth-order valence-electron chi connectivity index (χ4n) is 3.38. The second-order valence-corrected chi connectivity index (χ2v) is 6.96. The first-order valence-corrected chi connectivity index (χ1v) is 9.44. The number of nitriles is 1. The van der Waals surface area contributed by atoms with Crippen LogP contribution in [0.25, 0.3) is 16.6 Å². The number of fused-ring (bicyclic) bond motifs is 1. The predicted octanol–water partition coefficient (Wildman–Crippen LogP) is 4.33. The largest absolute Gasteiger partial charge is 0.457 e. The lowest BCUT2D eigenvalue weighted by Crippen LogP contribution is -2.14. The van der Waals surface area contributed by atoms with Crippen LogP contribution in [-0.2, 0) is 6.42 Å². The van der Waals surface area contributed by atoms with Gasteiger partial charge in [0.25, 0.3) is 0 Å². The van der Waals surface area contributed by atoms with E-state index < -0.39 is 6.10 Å². The average Bonchev–Trinajstić information content (AvgIpc) is 3.13. The molecule has 6 heteroatoms. The Morgan fingerprint density at radius 1 is 1.00 bits per heavy atom. The molecule has 2 N–H and O–H groups in total. The summed E-state index contributed by atoms with van der Waals surface area (Å²) in [5.74, 6) is 0.820. The second-order valence-electron chi connectivity index (χ2n) is 6.96. The topological polar surface area (TPSA) is 78.4 Å². The van der Waals surface area contributed by atoms with Gasteiger partial charge >= 0.3 is 0 Å². The summed E-state index contributed by atoms with van der Waals surface area (Å²) < 4.78 is 20.7.